The van der Waals surface area contributed by atoms with Gasteiger partial charge in [0.2, 0.25) is 0 Å². The zero-order valence-electron chi connectivity index (χ0n) is 7.05. The Morgan fingerprint density at radius 2 is 2.30 bits per heavy atom. The predicted octanol–water partition coefficient (Wildman–Crippen LogP) is 1.90. The van der Waals surface area contributed by atoms with Crippen LogP contribution in [0.1, 0.15) is 13.8 Å². The molecule has 10 heavy (non-hydrogen) atoms. The largest absolute Gasteiger partial charge is 0.312 e. The lowest BCUT2D eigenvalue weighted by molar-refractivity contribution is 0.740. The summed E-state index contributed by atoms with van der Waals surface area (Å²) in [5.74, 6) is 0. The van der Waals surface area contributed by atoms with Crippen molar-refractivity contribution in [3.8, 4) is 0 Å². The van der Waals surface area contributed by atoms with Crippen LogP contribution >= 0.6 is 11.8 Å². The average molecular weight is 159 g/mol. The summed E-state index contributed by atoms with van der Waals surface area (Å²) in [6.45, 7) is 6.37. The number of hydrogen-bond donors (Lipinski definition) is 1. The molecule has 0 radical (unpaired) electrons. The fourth-order valence-corrected chi connectivity index (χ4v) is 0.856. The Kier molecular flexibility index (Phi) is 7.20. The van der Waals surface area contributed by atoms with Crippen LogP contribution in [0.5, 0.6) is 0 Å². The van der Waals surface area contributed by atoms with Gasteiger partial charge in [0.05, 0.1) is 0 Å². The molecule has 1 atom stereocenters. The SMILES string of the molecule is C/C=C/CNCC(C)SC. The minimum absolute atomic E-state index is 0.727. The molecule has 0 aromatic carbocycles. The van der Waals surface area contributed by atoms with Crippen LogP contribution in [-0.2, 0) is 0 Å². The molecule has 0 rings (SSSR count). The van der Waals surface area contributed by atoms with Gasteiger partial charge in [-0.3, -0.25) is 0 Å². The number of nitrogens with one attached hydrogen (secondary N) is 1. The molecule has 0 aliphatic heterocycles. The first kappa shape index (κ1) is 10.0. The van der Waals surface area contributed by atoms with Crippen LogP contribution in [0.2, 0.25) is 0 Å². The second-order valence-electron chi connectivity index (χ2n) is 2.27. The third-order valence-electron chi connectivity index (χ3n) is 1.33. The van der Waals surface area contributed by atoms with Crippen molar-refractivity contribution in [2.45, 2.75) is 19.1 Å². The van der Waals surface area contributed by atoms with E-state index in [0.29, 0.717) is 0 Å². The summed E-state index contributed by atoms with van der Waals surface area (Å²) >= 11 is 1.90. The Hall–Kier alpha value is 0.0500. The summed E-state index contributed by atoms with van der Waals surface area (Å²) in [6.07, 6.45) is 6.34. The Bertz CT molecular complexity index is 91.3. The topological polar surface area (TPSA) is 12.0 Å². The zero-order valence-corrected chi connectivity index (χ0v) is 7.87. The lowest BCUT2D eigenvalue weighted by Crippen LogP contribution is -2.22. The highest BCUT2D eigenvalue weighted by atomic mass is 32.2. The van der Waals surface area contributed by atoms with E-state index in [1.165, 1.54) is 0 Å². The van der Waals surface area contributed by atoms with Gasteiger partial charge in [0, 0.05) is 18.3 Å². The molecule has 0 aromatic heterocycles. The molecule has 60 valence electrons. The van der Waals surface area contributed by atoms with E-state index in [1.807, 2.05) is 18.7 Å². The van der Waals surface area contributed by atoms with Crippen molar-refractivity contribution in [1.29, 1.82) is 0 Å². The van der Waals surface area contributed by atoms with Crippen LogP contribution in [0.3, 0.4) is 0 Å². The van der Waals surface area contributed by atoms with Crippen molar-refractivity contribution in [3.63, 3.8) is 0 Å². The van der Waals surface area contributed by atoms with Gasteiger partial charge >= 0.3 is 0 Å². The summed E-state index contributed by atoms with van der Waals surface area (Å²) in [6, 6.07) is 0. The van der Waals surface area contributed by atoms with Crippen LogP contribution in [0.25, 0.3) is 0 Å². The third-order valence-corrected chi connectivity index (χ3v) is 2.30. The van der Waals surface area contributed by atoms with Crippen molar-refractivity contribution in [2.24, 2.45) is 0 Å². The van der Waals surface area contributed by atoms with Gasteiger partial charge in [-0.2, -0.15) is 11.8 Å². The van der Waals surface area contributed by atoms with Crippen molar-refractivity contribution in [1.82, 2.24) is 5.32 Å². The maximum atomic E-state index is 3.33. The van der Waals surface area contributed by atoms with E-state index in [1.54, 1.807) is 0 Å². The van der Waals surface area contributed by atoms with Gasteiger partial charge < -0.3 is 5.32 Å². The molecular formula is C8H17NS. The van der Waals surface area contributed by atoms with Crippen LogP contribution in [0.15, 0.2) is 12.2 Å². The van der Waals surface area contributed by atoms with E-state index < -0.39 is 0 Å². The molecule has 0 spiro atoms. The van der Waals surface area contributed by atoms with Crippen molar-refractivity contribution >= 4 is 11.8 Å². The predicted molar refractivity (Wildman–Crippen MR) is 50.7 cm³/mol. The van der Waals surface area contributed by atoms with E-state index in [9.17, 15) is 0 Å². The van der Waals surface area contributed by atoms with Crippen LogP contribution < -0.4 is 5.32 Å². The summed E-state index contributed by atoms with van der Waals surface area (Å²) in [5.41, 5.74) is 0. The zero-order chi connectivity index (χ0) is 7.82. The Balaban J connectivity index is 3.03. The van der Waals surface area contributed by atoms with Crippen molar-refractivity contribution in [2.75, 3.05) is 19.3 Å². The van der Waals surface area contributed by atoms with Crippen LogP contribution in [-0.4, -0.2) is 24.6 Å². The molecule has 0 heterocycles. The van der Waals surface area contributed by atoms with E-state index in [4.69, 9.17) is 0 Å². The minimum atomic E-state index is 0.727. The normalized spacial score (nSPS) is 14.3. The fourth-order valence-electron chi connectivity index (χ4n) is 0.571. The molecule has 1 nitrogen and oxygen atoms in total. The molecule has 1 unspecified atom stereocenters. The molecule has 1 N–H and O–H groups in total. The second-order valence-corrected chi connectivity index (χ2v) is 3.55. The summed E-state index contributed by atoms with van der Waals surface area (Å²) in [5, 5.41) is 4.06. The van der Waals surface area contributed by atoms with Gasteiger partial charge in [0.1, 0.15) is 0 Å². The molecule has 0 saturated carbocycles. The lowest BCUT2D eigenvalue weighted by atomic mass is 10.4. The van der Waals surface area contributed by atoms with Crippen molar-refractivity contribution < 1.29 is 0 Å². The molecule has 2 heteroatoms. The molecule has 0 aliphatic rings. The molecule has 0 saturated heterocycles. The summed E-state index contributed by atoms with van der Waals surface area (Å²) in [4.78, 5) is 0. The highest BCUT2D eigenvalue weighted by molar-refractivity contribution is 7.99. The monoisotopic (exact) mass is 159 g/mol. The lowest BCUT2D eigenvalue weighted by Gasteiger charge is -2.06. The molecule has 0 aliphatic carbocycles. The van der Waals surface area contributed by atoms with Crippen LogP contribution in [0.4, 0.5) is 0 Å². The van der Waals surface area contributed by atoms with Gasteiger partial charge in [-0.15, -0.1) is 0 Å². The third kappa shape index (κ3) is 6.17. The summed E-state index contributed by atoms with van der Waals surface area (Å²) < 4.78 is 0. The average Bonchev–Trinajstić information content (AvgIpc) is 1.98. The minimum Gasteiger partial charge on any atom is -0.312 e. The number of thioether (sulfide) groups is 1. The second kappa shape index (κ2) is 7.16. The highest BCUT2D eigenvalue weighted by Crippen LogP contribution is 2.01. The van der Waals surface area contributed by atoms with Crippen LogP contribution in [0, 0.1) is 0 Å². The molecular weight excluding hydrogens is 142 g/mol. The van der Waals surface area contributed by atoms with E-state index in [2.05, 4.69) is 30.6 Å². The first-order valence-electron chi connectivity index (χ1n) is 3.66. The molecule has 0 bridgehead atoms. The van der Waals surface area contributed by atoms with E-state index >= 15 is 0 Å². The quantitative estimate of drug-likeness (QED) is 0.486. The molecule has 0 amide bonds. The van der Waals surface area contributed by atoms with Gasteiger partial charge in [0.15, 0.2) is 0 Å². The highest BCUT2D eigenvalue weighted by Gasteiger charge is 1.94. The smallest absolute Gasteiger partial charge is 0.0141 e. The Morgan fingerprint density at radius 1 is 1.60 bits per heavy atom. The van der Waals surface area contributed by atoms with Gasteiger partial charge in [-0.1, -0.05) is 19.1 Å². The standard InChI is InChI=1S/C8H17NS/c1-4-5-6-9-7-8(2)10-3/h4-5,8-9H,6-7H2,1-3H3/b5-4+. The maximum Gasteiger partial charge on any atom is 0.0141 e. The first-order chi connectivity index (χ1) is 4.81. The van der Waals surface area contributed by atoms with Gasteiger partial charge in [-0.05, 0) is 13.2 Å². The van der Waals surface area contributed by atoms with Gasteiger partial charge in [-0.25, -0.2) is 0 Å². The Labute approximate surface area is 68.3 Å². The summed E-state index contributed by atoms with van der Waals surface area (Å²) in [7, 11) is 0. The van der Waals surface area contributed by atoms with E-state index in [0.717, 1.165) is 18.3 Å². The Morgan fingerprint density at radius 3 is 2.80 bits per heavy atom. The maximum absolute atomic E-state index is 3.33. The van der Waals surface area contributed by atoms with Crippen molar-refractivity contribution in [3.05, 3.63) is 12.2 Å². The van der Waals surface area contributed by atoms with E-state index in [-0.39, 0.29) is 0 Å². The number of rotatable bonds is 5. The van der Waals surface area contributed by atoms with Gasteiger partial charge in [0.25, 0.3) is 0 Å². The number of hydrogen-bond acceptors (Lipinski definition) is 2. The molecule has 0 fully saturated rings. The molecule has 0 aromatic rings. The fraction of sp³-hybridized carbons (Fsp3) is 0.750. The first-order valence-corrected chi connectivity index (χ1v) is 4.94. The number of allylic oxidation sites excluding steroid dienone is 1.